The Morgan fingerprint density at radius 2 is 1.76 bits per heavy atom. The van der Waals surface area contributed by atoms with Crippen molar-refractivity contribution in [3.8, 4) is 5.75 Å². The molecule has 1 aliphatic rings. The molecule has 0 spiro atoms. The van der Waals surface area contributed by atoms with Crippen LogP contribution in [0.5, 0.6) is 5.75 Å². The zero-order valence-corrected chi connectivity index (χ0v) is 10.4. The van der Waals surface area contributed by atoms with Crippen molar-refractivity contribution < 1.29 is 13.1 Å². The van der Waals surface area contributed by atoms with E-state index in [4.69, 9.17) is 11.9 Å². The Labute approximate surface area is 105 Å². The minimum absolute atomic E-state index is 0.116. The molecule has 0 aromatic heterocycles. The molecule has 0 radical (unpaired) electrons. The van der Waals surface area contributed by atoms with Gasteiger partial charge in [-0.05, 0) is 36.3 Å². The Bertz CT molecular complexity index is 401. The zero-order chi connectivity index (χ0) is 12.4. The van der Waals surface area contributed by atoms with Gasteiger partial charge >= 0.3 is 0 Å². The van der Waals surface area contributed by atoms with E-state index >= 15 is 0 Å². The number of rotatable bonds is 2. The molecule has 1 saturated carbocycles. The Hall–Kier alpha value is -0.830. The molecule has 1 aromatic rings. The second-order valence-corrected chi connectivity index (χ2v) is 4.97. The molecular formula is C13H15ClF2O. The summed E-state index contributed by atoms with van der Waals surface area (Å²) in [6, 6.07) is 2.97. The van der Waals surface area contributed by atoms with Crippen LogP contribution < -0.4 is 4.29 Å². The number of benzene rings is 1. The van der Waals surface area contributed by atoms with E-state index < -0.39 is 11.6 Å². The van der Waals surface area contributed by atoms with Gasteiger partial charge in [0.2, 0.25) is 5.82 Å². The lowest BCUT2D eigenvalue weighted by Gasteiger charge is -2.26. The van der Waals surface area contributed by atoms with E-state index in [1.165, 1.54) is 6.07 Å². The van der Waals surface area contributed by atoms with Crippen molar-refractivity contribution in [3.05, 3.63) is 29.3 Å². The maximum Gasteiger partial charge on any atom is 0.203 e. The van der Waals surface area contributed by atoms with E-state index in [-0.39, 0.29) is 11.7 Å². The van der Waals surface area contributed by atoms with Crippen LogP contribution in [0.3, 0.4) is 0 Å². The molecule has 1 nitrogen and oxygen atoms in total. The molecule has 0 unspecified atom stereocenters. The molecule has 0 heterocycles. The van der Waals surface area contributed by atoms with Crippen LogP contribution in [-0.4, -0.2) is 0 Å². The van der Waals surface area contributed by atoms with E-state index in [2.05, 4.69) is 11.2 Å². The lowest BCUT2D eigenvalue weighted by atomic mass is 9.79. The minimum atomic E-state index is -0.990. The summed E-state index contributed by atoms with van der Waals surface area (Å²) in [5, 5.41) is 0. The second-order valence-electron chi connectivity index (χ2n) is 4.81. The van der Waals surface area contributed by atoms with E-state index in [9.17, 15) is 8.78 Å². The highest BCUT2D eigenvalue weighted by Crippen LogP contribution is 2.38. The molecule has 94 valence electrons. The van der Waals surface area contributed by atoms with Crippen molar-refractivity contribution >= 4 is 11.9 Å². The number of halogens is 3. The standard InChI is InChI=1S/C13H15ClF2O/c1-8-2-4-9(5-3-8)10-6-7-11(17-14)13(16)12(10)15/h6-9H,2-5H2,1H3. The zero-order valence-electron chi connectivity index (χ0n) is 9.68. The fourth-order valence-electron chi connectivity index (χ4n) is 2.49. The van der Waals surface area contributed by atoms with Gasteiger partial charge in [0, 0.05) is 0 Å². The first-order chi connectivity index (χ1) is 8.13. The molecule has 1 aromatic carbocycles. The molecular weight excluding hydrogens is 246 g/mol. The third-order valence-electron chi connectivity index (χ3n) is 3.62. The molecule has 0 saturated heterocycles. The van der Waals surface area contributed by atoms with E-state index in [0.29, 0.717) is 11.5 Å². The maximum atomic E-state index is 13.8. The minimum Gasteiger partial charge on any atom is -0.382 e. The summed E-state index contributed by atoms with van der Waals surface area (Å²) >= 11 is 5.05. The normalized spacial score (nSPS) is 24.7. The average molecular weight is 261 g/mol. The first kappa shape index (κ1) is 12.6. The molecule has 0 aliphatic heterocycles. The van der Waals surface area contributed by atoms with Crippen molar-refractivity contribution in [1.29, 1.82) is 0 Å². The molecule has 17 heavy (non-hydrogen) atoms. The topological polar surface area (TPSA) is 9.23 Å². The van der Waals surface area contributed by atoms with Crippen LogP contribution in [0.25, 0.3) is 0 Å². The van der Waals surface area contributed by atoms with Gasteiger partial charge in [-0.1, -0.05) is 25.8 Å². The Balaban J connectivity index is 2.24. The van der Waals surface area contributed by atoms with Gasteiger partial charge in [-0.2, -0.15) is 4.39 Å². The lowest BCUT2D eigenvalue weighted by molar-refractivity contribution is 0.338. The van der Waals surface area contributed by atoms with Crippen LogP contribution in [0, 0.1) is 17.6 Å². The van der Waals surface area contributed by atoms with Crippen LogP contribution in [0.15, 0.2) is 12.1 Å². The monoisotopic (exact) mass is 260 g/mol. The van der Waals surface area contributed by atoms with Crippen LogP contribution in [0.4, 0.5) is 8.78 Å². The van der Waals surface area contributed by atoms with Gasteiger partial charge in [0.15, 0.2) is 11.6 Å². The van der Waals surface area contributed by atoms with Gasteiger partial charge in [0.1, 0.15) is 11.9 Å². The van der Waals surface area contributed by atoms with Crippen molar-refractivity contribution in [1.82, 2.24) is 0 Å². The average Bonchev–Trinajstić information content (AvgIpc) is 2.34. The molecule has 4 heteroatoms. The maximum absolute atomic E-state index is 13.8. The summed E-state index contributed by atoms with van der Waals surface area (Å²) in [5.74, 6) is -1.26. The van der Waals surface area contributed by atoms with Crippen molar-refractivity contribution in [2.45, 2.75) is 38.5 Å². The summed E-state index contributed by atoms with van der Waals surface area (Å²) in [4.78, 5) is 0. The van der Waals surface area contributed by atoms with Gasteiger partial charge in [-0.25, -0.2) is 4.39 Å². The summed E-state index contributed by atoms with van der Waals surface area (Å²) in [6.07, 6.45) is 3.97. The summed E-state index contributed by atoms with van der Waals surface area (Å²) < 4.78 is 31.6. The lowest BCUT2D eigenvalue weighted by Crippen LogP contribution is -2.12. The molecule has 0 atom stereocenters. The fraction of sp³-hybridized carbons (Fsp3) is 0.538. The third kappa shape index (κ3) is 2.54. The van der Waals surface area contributed by atoms with Crippen LogP contribution in [0.1, 0.15) is 44.1 Å². The third-order valence-corrected chi connectivity index (χ3v) is 3.78. The summed E-state index contributed by atoms with van der Waals surface area (Å²) in [7, 11) is 0. The fourth-order valence-corrected chi connectivity index (χ4v) is 2.61. The molecule has 2 rings (SSSR count). The van der Waals surface area contributed by atoms with Crippen molar-refractivity contribution in [2.24, 2.45) is 5.92 Å². The highest BCUT2D eigenvalue weighted by atomic mass is 35.5. The first-order valence-electron chi connectivity index (χ1n) is 5.90. The van der Waals surface area contributed by atoms with E-state index in [1.807, 2.05) is 0 Å². The molecule has 0 N–H and O–H groups in total. The van der Waals surface area contributed by atoms with Gasteiger partial charge < -0.3 is 4.29 Å². The smallest absolute Gasteiger partial charge is 0.203 e. The molecule has 1 aliphatic carbocycles. The predicted molar refractivity (Wildman–Crippen MR) is 63.2 cm³/mol. The largest absolute Gasteiger partial charge is 0.382 e. The van der Waals surface area contributed by atoms with E-state index in [1.54, 1.807) is 6.07 Å². The second kappa shape index (κ2) is 5.21. The first-order valence-corrected chi connectivity index (χ1v) is 6.20. The number of hydrogen-bond acceptors (Lipinski definition) is 1. The highest BCUT2D eigenvalue weighted by Gasteiger charge is 2.25. The summed E-state index contributed by atoms with van der Waals surface area (Å²) in [6.45, 7) is 2.19. The van der Waals surface area contributed by atoms with Crippen LogP contribution >= 0.6 is 11.9 Å². The van der Waals surface area contributed by atoms with Crippen LogP contribution in [0.2, 0.25) is 0 Å². The number of hydrogen-bond donors (Lipinski definition) is 0. The SMILES string of the molecule is CC1CCC(c2ccc(OCl)c(F)c2F)CC1. The van der Waals surface area contributed by atoms with Gasteiger partial charge in [0.25, 0.3) is 0 Å². The Morgan fingerprint density at radius 3 is 2.35 bits per heavy atom. The Morgan fingerprint density at radius 1 is 1.12 bits per heavy atom. The van der Waals surface area contributed by atoms with Gasteiger partial charge in [-0.15, -0.1) is 0 Å². The summed E-state index contributed by atoms with van der Waals surface area (Å²) in [5.41, 5.74) is 0.451. The van der Waals surface area contributed by atoms with Crippen molar-refractivity contribution in [3.63, 3.8) is 0 Å². The highest BCUT2D eigenvalue weighted by molar-refractivity contribution is 6.09. The van der Waals surface area contributed by atoms with Crippen molar-refractivity contribution in [2.75, 3.05) is 0 Å². The predicted octanol–water partition coefficient (Wildman–Crippen LogP) is 4.79. The van der Waals surface area contributed by atoms with Gasteiger partial charge in [-0.3, -0.25) is 0 Å². The van der Waals surface area contributed by atoms with E-state index in [0.717, 1.165) is 25.7 Å². The van der Waals surface area contributed by atoms with Crippen LogP contribution in [-0.2, 0) is 0 Å². The quantitative estimate of drug-likeness (QED) is 0.743. The molecule has 1 fully saturated rings. The molecule has 0 bridgehead atoms. The molecule has 0 amide bonds. The Kier molecular flexibility index (Phi) is 3.87. The van der Waals surface area contributed by atoms with Gasteiger partial charge in [0.05, 0.1) is 0 Å².